The third-order valence-corrected chi connectivity index (χ3v) is 3.07. The van der Waals surface area contributed by atoms with E-state index in [4.69, 9.17) is 11.6 Å². The first-order chi connectivity index (χ1) is 7.27. The predicted octanol–water partition coefficient (Wildman–Crippen LogP) is 3.45. The standard InChI is InChI=1S/C12H9ClN2/c1-8-12(13)11-7-6-9-4-2-3-5-10(9)15(11)14-8/h2-7H,1H3. The molecule has 0 aliphatic carbocycles. The normalized spacial score (nSPS) is 11.3. The summed E-state index contributed by atoms with van der Waals surface area (Å²) >= 11 is 6.16. The molecule has 0 amide bonds. The smallest absolute Gasteiger partial charge is 0.0893 e. The number of rotatable bonds is 0. The number of nitrogens with zero attached hydrogens (tertiary/aromatic N) is 2. The molecule has 0 aliphatic heterocycles. The van der Waals surface area contributed by atoms with E-state index in [-0.39, 0.29) is 0 Å². The third kappa shape index (κ3) is 1.15. The van der Waals surface area contributed by atoms with Crippen molar-refractivity contribution in [1.29, 1.82) is 0 Å². The van der Waals surface area contributed by atoms with E-state index in [1.165, 1.54) is 5.39 Å². The Balaban J connectivity index is 2.60. The number of para-hydroxylation sites is 1. The van der Waals surface area contributed by atoms with Crippen molar-refractivity contribution in [3.8, 4) is 0 Å². The number of halogens is 1. The number of hydrogen-bond acceptors (Lipinski definition) is 1. The fourth-order valence-corrected chi connectivity index (χ4v) is 2.02. The lowest BCUT2D eigenvalue weighted by Gasteiger charge is -2.00. The van der Waals surface area contributed by atoms with Crippen LogP contribution in [0.4, 0.5) is 0 Å². The molecule has 0 fully saturated rings. The Kier molecular flexibility index (Phi) is 1.73. The first kappa shape index (κ1) is 8.74. The largest absolute Gasteiger partial charge is 0.231 e. The highest BCUT2D eigenvalue weighted by molar-refractivity contribution is 6.34. The van der Waals surface area contributed by atoms with Crippen LogP contribution in [-0.4, -0.2) is 9.61 Å². The molecule has 0 spiro atoms. The summed E-state index contributed by atoms with van der Waals surface area (Å²) in [6.07, 6.45) is 0. The number of aromatic nitrogens is 2. The Hall–Kier alpha value is -1.54. The molecule has 1 aromatic carbocycles. The van der Waals surface area contributed by atoms with Crippen LogP contribution >= 0.6 is 11.6 Å². The van der Waals surface area contributed by atoms with Crippen LogP contribution in [0.2, 0.25) is 5.02 Å². The summed E-state index contributed by atoms with van der Waals surface area (Å²) in [5.74, 6) is 0. The second-order valence-corrected chi connectivity index (χ2v) is 3.97. The van der Waals surface area contributed by atoms with Gasteiger partial charge in [-0.25, -0.2) is 4.52 Å². The molecule has 3 heteroatoms. The van der Waals surface area contributed by atoms with E-state index in [0.29, 0.717) is 0 Å². The maximum atomic E-state index is 6.16. The van der Waals surface area contributed by atoms with Crippen molar-refractivity contribution in [3.63, 3.8) is 0 Å². The zero-order chi connectivity index (χ0) is 10.4. The molecule has 3 rings (SSSR count). The van der Waals surface area contributed by atoms with E-state index >= 15 is 0 Å². The molecule has 0 atom stereocenters. The average Bonchev–Trinajstić information content (AvgIpc) is 2.56. The van der Waals surface area contributed by atoms with Gasteiger partial charge in [0.05, 0.1) is 21.7 Å². The SMILES string of the molecule is Cc1nn2c(ccc3ccccc32)c1Cl. The third-order valence-electron chi connectivity index (χ3n) is 2.61. The Morgan fingerprint density at radius 3 is 2.73 bits per heavy atom. The summed E-state index contributed by atoms with van der Waals surface area (Å²) in [5, 5.41) is 6.33. The molecule has 0 N–H and O–H groups in total. The molecule has 15 heavy (non-hydrogen) atoms. The minimum atomic E-state index is 0.737. The minimum Gasteiger partial charge on any atom is -0.231 e. The number of aryl methyl sites for hydroxylation is 1. The number of pyridine rings is 1. The van der Waals surface area contributed by atoms with Gasteiger partial charge < -0.3 is 0 Å². The van der Waals surface area contributed by atoms with Gasteiger partial charge in [0.15, 0.2) is 0 Å². The van der Waals surface area contributed by atoms with Crippen LogP contribution in [0.3, 0.4) is 0 Å². The van der Waals surface area contributed by atoms with E-state index in [1.54, 1.807) is 0 Å². The van der Waals surface area contributed by atoms with Crippen molar-refractivity contribution in [2.24, 2.45) is 0 Å². The topological polar surface area (TPSA) is 17.3 Å². The van der Waals surface area contributed by atoms with E-state index in [9.17, 15) is 0 Å². The number of fused-ring (bicyclic) bond motifs is 3. The quantitative estimate of drug-likeness (QED) is 0.563. The molecule has 2 heterocycles. The molecular formula is C12H9ClN2. The molecular weight excluding hydrogens is 208 g/mol. The Morgan fingerprint density at radius 2 is 1.87 bits per heavy atom. The van der Waals surface area contributed by atoms with Crippen molar-refractivity contribution in [2.45, 2.75) is 6.92 Å². The van der Waals surface area contributed by atoms with Gasteiger partial charge in [-0.05, 0) is 19.1 Å². The molecule has 2 aromatic heterocycles. The van der Waals surface area contributed by atoms with E-state index < -0.39 is 0 Å². The molecule has 0 unspecified atom stereocenters. The van der Waals surface area contributed by atoms with Gasteiger partial charge in [0.1, 0.15) is 0 Å². The van der Waals surface area contributed by atoms with Gasteiger partial charge in [0, 0.05) is 5.39 Å². The Bertz CT molecular complexity index is 655. The van der Waals surface area contributed by atoms with Crippen molar-refractivity contribution in [3.05, 3.63) is 47.1 Å². The minimum absolute atomic E-state index is 0.737. The van der Waals surface area contributed by atoms with Gasteiger partial charge >= 0.3 is 0 Å². The lowest BCUT2D eigenvalue weighted by molar-refractivity contribution is 0.971. The summed E-state index contributed by atoms with van der Waals surface area (Å²) in [7, 11) is 0. The van der Waals surface area contributed by atoms with Gasteiger partial charge in [0.2, 0.25) is 0 Å². The van der Waals surface area contributed by atoms with Crippen molar-refractivity contribution >= 4 is 28.0 Å². The molecule has 0 saturated heterocycles. The number of hydrogen-bond donors (Lipinski definition) is 0. The monoisotopic (exact) mass is 216 g/mol. The van der Waals surface area contributed by atoms with Crippen LogP contribution in [0.1, 0.15) is 5.69 Å². The van der Waals surface area contributed by atoms with Crippen molar-refractivity contribution in [1.82, 2.24) is 9.61 Å². The second-order valence-electron chi connectivity index (χ2n) is 3.59. The first-order valence-corrected chi connectivity index (χ1v) is 5.18. The maximum Gasteiger partial charge on any atom is 0.0893 e. The van der Waals surface area contributed by atoms with Crippen LogP contribution in [0, 0.1) is 6.92 Å². The highest BCUT2D eigenvalue weighted by Gasteiger charge is 2.08. The Morgan fingerprint density at radius 1 is 1.07 bits per heavy atom. The summed E-state index contributed by atoms with van der Waals surface area (Å²) in [6, 6.07) is 12.2. The van der Waals surface area contributed by atoms with Crippen LogP contribution in [0.25, 0.3) is 16.4 Å². The zero-order valence-electron chi connectivity index (χ0n) is 8.24. The summed E-state index contributed by atoms with van der Waals surface area (Å²) in [4.78, 5) is 0. The zero-order valence-corrected chi connectivity index (χ0v) is 8.99. The van der Waals surface area contributed by atoms with E-state index in [1.807, 2.05) is 35.7 Å². The van der Waals surface area contributed by atoms with Gasteiger partial charge in [-0.3, -0.25) is 0 Å². The van der Waals surface area contributed by atoms with Gasteiger partial charge in [-0.15, -0.1) is 0 Å². The highest BCUT2D eigenvalue weighted by atomic mass is 35.5. The lowest BCUT2D eigenvalue weighted by Crippen LogP contribution is -1.89. The van der Waals surface area contributed by atoms with Crippen molar-refractivity contribution in [2.75, 3.05) is 0 Å². The van der Waals surface area contributed by atoms with E-state index in [2.05, 4.69) is 17.2 Å². The van der Waals surface area contributed by atoms with Crippen LogP contribution in [-0.2, 0) is 0 Å². The fraction of sp³-hybridized carbons (Fsp3) is 0.0833. The summed E-state index contributed by atoms with van der Waals surface area (Å²) in [5.41, 5.74) is 2.92. The molecule has 3 aromatic rings. The van der Waals surface area contributed by atoms with Gasteiger partial charge in [0.25, 0.3) is 0 Å². The van der Waals surface area contributed by atoms with Gasteiger partial charge in [-0.2, -0.15) is 5.10 Å². The van der Waals surface area contributed by atoms with Crippen LogP contribution < -0.4 is 0 Å². The molecule has 0 radical (unpaired) electrons. The maximum absolute atomic E-state index is 6.16. The fourth-order valence-electron chi connectivity index (χ4n) is 1.84. The van der Waals surface area contributed by atoms with Crippen LogP contribution in [0.15, 0.2) is 36.4 Å². The molecule has 0 saturated carbocycles. The number of benzene rings is 1. The van der Waals surface area contributed by atoms with Crippen LogP contribution in [0.5, 0.6) is 0 Å². The molecule has 0 aliphatic rings. The van der Waals surface area contributed by atoms with Crippen molar-refractivity contribution < 1.29 is 0 Å². The second kappa shape index (κ2) is 2.97. The van der Waals surface area contributed by atoms with E-state index in [0.717, 1.165) is 21.7 Å². The predicted molar refractivity (Wildman–Crippen MR) is 62.4 cm³/mol. The molecule has 74 valence electrons. The molecule has 0 bridgehead atoms. The summed E-state index contributed by atoms with van der Waals surface area (Å²) < 4.78 is 1.90. The molecule has 2 nitrogen and oxygen atoms in total. The first-order valence-electron chi connectivity index (χ1n) is 4.80. The lowest BCUT2D eigenvalue weighted by atomic mass is 10.2. The highest BCUT2D eigenvalue weighted by Crippen LogP contribution is 2.24. The summed E-state index contributed by atoms with van der Waals surface area (Å²) in [6.45, 7) is 1.92. The van der Waals surface area contributed by atoms with Gasteiger partial charge in [-0.1, -0.05) is 35.9 Å². The Labute approximate surface area is 92.1 Å². The average molecular weight is 217 g/mol.